The van der Waals surface area contributed by atoms with Crippen molar-refractivity contribution in [2.75, 3.05) is 6.61 Å². The van der Waals surface area contributed by atoms with Crippen LogP contribution in [-0.4, -0.2) is 37.2 Å². The summed E-state index contributed by atoms with van der Waals surface area (Å²) < 4.78 is 26.4. The van der Waals surface area contributed by atoms with Gasteiger partial charge >= 0.3 is 5.97 Å². The van der Waals surface area contributed by atoms with Crippen LogP contribution in [0.25, 0.3) is 0 Å². The van der Waals surface area contributed by atoms with Crippen molar-refractivity contribution < 1.29 is 23.4 Å². The van der Waals surface area contributed by atoms with E-state index in [4.69, 9.17) is 10.2 Å². The van der Waals surface area contributed by atoms with Crippen LogP contribution in [-0.2, 0) is 10.0 Å². The first-order valence-electron chi connectivity index (χ1n) is 5.23. The molecule has 0 amide bonds. The smallest absolute Gasteiger partial charge is 0.347 e. The molecule has 102 valence electrons. The molecule has 0 aromatic carbocycles. The number of carbonyl (C=O) groups is 1. The summed E-state index contributed by atoms with van der Waals surface area (Å²) >= 11 is 0.858. The maximum atomic E-state index is 12.0. The van der Waals surface area contributed by atoms with Gasteiger partial charge in [-0.2, -0.15) is 0 Å². The highest BCUT2D eigenvalue weighted by Gasteiger charge is 2.26. The molecular weight excluding hydrogens is 278 g/mol. The first-order valence-corrected chi connectivity index (χ1v) is 7.60. The average Bonchev–Trinajstić information content (AvgIpc) is 2.76. The van der Waals surface area contributed by atoms with Gasteiger partial charge in [-0.3, -0.25) is 0 Å². The second kappa shape index (κ2) is 5.79. The third-order valence-electron chi connectivity index (χ3n) is 2.60. The summed E-state index contributed by atoms with van der Waals surface area (Å²) in [5.74, 6) is -1.53. The van der Waals surface area contributed by atoms with E-state index in [0.717, 1.165) is 11.3 Å². The van der Waals surface area contributed by atoms with Crippen molar-refractivity contribution in [3.05, 3.63) is 16.3 Å². The van der Waals surface area contributed by atoms with Crippen molar-refractivity contribution in [2.45, 2.75) is 24.8 Å². The summed E-state index contributed by atoms with van der Waals surface area (Å²) in [6.07, 6.45) is 0. The van der Waals surface area contributed by atoms with E-state index in [9.17, 15) is 13.2 Å². The molecule has 6 nitrogen and oxygen atoms in total. The number of rotatable bonds is 6. The molecule has 0 aliphatic carbocycles. The minimum Gasteiger partial charge on any atom is -0.477 e. The third-order valence-corrected chi connectivity index (χ3v) is 5.23. The van der Waals surface area contributed by atoms with E-state index in [0.29, 0.717) is 0 Å². The standard InChI is InChI=1S/C10H15NO5S2/c1-6(5-12)7(2)11-18(15,16)8-3-4-17-9(8)10(13)14/h3-4,6-7,11-12H,5H2,1-2H3,(H,13,14). The average molecular weight is 293 g/mol. The largest absolute Gasteiger partial charge is 0.477 e. The number of aliphatic hydroxyl groups is 1. The van der Waals surface area contributed by atoms with Crippen molar-refractivity contribution in [1.29, 1.82) is 0 Å². The minimum atomic E-state index is -3.88. The molecule has 0 bridgehead atoms. The molecule has 2 unspecified atom stereocenters. The molecule has 1 heterocycles. The zero-order valence-corrected chi connectivity index (χ0v) is 11.6. The van der Waals surface area contributed by atoms with Crippen LogP contribution in [0.5, 0.6) is 0 Å². The number of sulfonamides is 1. The monoisotopic (exact) mass is 293 g/mol. The van der Waals surface area contributed by atoms with Gasteiger partial charge in [-0.15, -0.1) is 11.3 Å². The van der Waals surface area contributed by atoms with Gasteiger partial charge < -0.3 is 10.2 Å². The predicted octanol–water partition coefficient (Wildman–Crippen LogP) is 0.742. The number of carboxylic acid groups (broad SMARTS) is 1. The Morgan fingerprint density at radius 3 is 2.61 bits per heavy atom. The third kappa shape index (κ3) is 3.29. The molecule has 0 saturated carbocycles. The highest BCUT2D eigenvalue weighted by atomic mass is 32.2. The first-order chi connectivity index (χ1) is 8.29. The number of nitrogens with one attached hydrogen (secondary N) is 1. The molecule has 0 saturated heterocycles. The van der Waals surface area contributed by atoms with E-state index >= 15 is 0 Å². The summed E-state index contributed by atoms with van der Waals surface area (Å²) in [4.78, 5) is 10.4. The Balaban J connectivity index is 3.00. The normalized spacial score (nSPS) is 15.3. The van der Waals surface area contributed by atoms with Crippen molar-refractivity contribution in [1.82, 2.24) is 4.72 Å². The zero-order chi connectivity index (χ0) is 13.9. The summed E-state index contributed by atoms with van der Waals surface area (Å²) in [5.41, 5.74) is 0. The van der Waals surface area contributed by atoms with Crippen molar-refractivity contribution >= 4 is 27.3 Å². The van der Waals surface area contributed by atoms with Crippen LogP contribution in [0.1, 0.15) is 23.5 Å². The summed E-state index contributed by atoms with van der Waals surface area (Å²) in [6, 6.07) is 0.772. The lowest BCUT2D eigenvalue weighted by Gasteiger charge is -2.19. The fraction of sp³-hybridized carbons (Fsp3) is 0.500. The molecule has 1 rings (SSSR count). The lowest BCUT2D eigenvalue weighted by molar-refractivity contribution is 0.0698. The van der Waals surface area contributed by atoms with Gasteiger partial charge in [-0.25, -0.2) is 17.9 Å². The van der Waals surface area contributed by atoms with Gasteiger partial charge in [0.15, 0.2) is 0 Å². The predicted molar refractivity (Wildman–Crippen MR) is 67.3 cm³/mol. The Labute approximate surface area is 109 Å². The van der Waals surface area contributed by atoms with Crippen LogP contribution in [0.2, 0.25) is 0 Å². The summed E-state index contributed by atoms with van der Waals surface area (Å²) in [7, 11) is -3.88. The maximum Gasteiger partial charge on any atom is 0.347 e. The SMILES string of the molecule is CC(CO)C(C)NS(=O)(=O)c1ccsc1C(=O)O. The molecule has 0 fully saturated rings. The Bertz CT molecular complexity index is 522. The zero-order valence-electron chi connectivity index (χ0n) is 9.95. The van der Waals surface area contributed by atoms with Gasteiger partial charge in [0.2, 0.25) is 10.0 Å². The van der Waals surface area contributed by atoms with E-state index < -0.39 is 22.0 Å². The number of aromatic carboxylic acids is 1. The highest BCUT2D eigenvalue weighted by molar-refractivity contribution is 7.89. The molecule has 0 radical (unpaired) electrons. The van der Waals surface area contributed by atoms with Gasteiger partial charge in [0, 0.05) is 12.6 Å². The van der Waals surface area contributed by atoms with Gasteiger partial charge in [-0.1, -0.05) is 6.92 Å². The minimum absolute atomic E-state index is 0.154. The fourth-order valence-corrected chi connectivity index (χ4v) is 3.86. The first kappa shape index (κ1) is 15.1. The molecule has 18 heavy (non-hydrogen) atoms. The quantitative estimate of drug-likeness (QED) is 0.717. The molecule has 0 spiro atoms. The van der Waals surface area contributed by atoms with Crippen molar-refractivity contribution in [3.63, 3.8) is 0 Å². The Kier molecular flexibility index (Phi) is 4.85. The number of hydrogen-bond donors (Lipinski definition) is 3. The second-order valence-electron chi connectivity index (χ2n) is 3.99. The molecule has 3 N–H and O–H groups in total. The topological polar surface area (TPSA) is 104 Å². The Hall–Kier alpha value is -0.960. The number of hydrogen-bond acceptors (Lipinski definition) is 5. The van der Waals surface area contributed by atoms with Gasteiger partial charge in [0.25, 0.3) is 0 Å². The van der Waals surface area contributed by atoms with Crippen molar-refractivity contribution in [2.24, 2.45) is 5.92 Å². The molecular formula is C10H15NO5S2. The number of aliphatic hydroxyl groups excluding tert-OH is 1. The van der Waals surface area contributed by atoms with E-state index in [1.807, 2.05) is 0 Å². The van der Waals surface area contributed by atoms with Crippen LogP contribution in [0.15, 0.2) is 16.3 Å². The van der Waals surface area contributed by atoms with Gasteiger partial charge in [0.05, 0.1) is 0 Å². The van der Waals surface area contributed by atoms with Crippen molar-refractivity contribution in [3.8, 4) is 0 Å². The fourth-order valence-electron chi connectivity index (χ4n) is 1.25. The van der Waals surface area contributed by atoms with E-state index in [-0.39, 0.29) is 22.3 Å². The molecule has 2 atom stereocenters. The summed E-state index contributed by atoms with van der Waals surface area (Å²) in [6.45, 7) is 3.16. The molecule has 1 aromatic rings. The van der Waals surface area contributed by atoms with E-state index in [1.165, 1.54) is 11.4 Å². The van der Waals surface area contributed by atoms with Crippen LogP contribution in [0.3, 0.4) is 0 Å². The van der Waals surface area contributed by atoms with Crippen LogP contribution in [0, 0.1) is 5.92 Å². The van der Waals surface area contributed by atoms with Crippen LogP contribution in [0.4, 0.5) is 0 Å². The maximum absolute atomic E-state index is 12.0. The highest BCUT2D eigenvalue weighted by Crippen LogP contribution is 2.22. The Morgan fingerprint density at radius 2 is 2.11 bits per heavy atom. The number of carboxylic acids is 1. The Morgan fingerprint density at radius 1 is 1.50 bits per heavy atom. The molecule has 0 aliphatic rings. The van der Waals surface area contributed by atoms with Crippen LogP contribution < -0.4 is 4.72 Å². The lowest BCUT2D eigenvalue weighted by atomic mass is 10.1. The van der Waals surface area contributed by atoms with Gasteiger partial charge in [0.1, 0.15) is 9.77 Å². The molecule has 0 aliphatic heterocycles. The van der Waals surface area contributed by atoms with E-state index in [1.54, 1.807) is 13.8 Å². The second-order valence-corrected chi connectivity index (χ2v) is 6.59. The van der Waals surface area contributed by atoms with Gasteiger partial charge in [-0.05, 0) is 24.3 Å². The molecule has 8 heteroatoms. The van der Waals surface area contributed by atoms with Crippen LogP contribution >= 0.6 is 11.3 Å². The van der Waals surface area contributed by atoms with E-state index in [2.05, 4.69) is 4.72 Å². The summed E-state index contributed by atoms with van der Waals surface area (Å²) in [5, 5.41) is 19.2. The molecule has 1 aromatic heterocycles. The number of thiophene rings is 1. The lowest BCUT2D eigenvalue weighted by Crippen LogP contribution is -2.38.